The lowest BCUT2D eigenvalue weighted by atomic mass is 9.47. The van der Waals surface area contributed by atoms with E-state index in [2.05, 4.69) is 46.8 Å². The second-order valence-electron chi connectivity index (χ2n) is 12.3. The summed E-state index contributed by atoms with van der Waals surface area (Å²) < 4.78 is 5.61. The van der Waals surface area contributed by atoms with Crippen LogP contribution in [0.5, 0.6) is 0 Å². The largest absolute Gasteiger partial charge is 0.462 e. The van der Waals surface area contributed by atoms with E-state index >= 15 is 0 Å². The number of fused-ring (bicyclic) bond motifs is 5. The zero-order chi connectivity index (χ0) is 22.4. The molecule has 3 saturated carbocycles. The van der Waals surface area contributed by atoms with E-state index in [-0.39, 0.29) is 12.1 Å². The Bertz CT molecular complexity index is 746. The summed E-state index contributed by atoms with van der Waals surface area (Å²) in [5.74, 6) is 4.03. The molecule has 2 nitrogen and oxygen atoms in total. The minimum atomic E-state index is -0.120. The van der Waals surface area contributed by atoms with Crippen LogP contribution in [0.4, 0.5) is 0 Å². The molecule has 174 valence electrons. The van der Waals surface area contributed by atoms with Crippen molar-refractivity contribution in [3.05, 3.63) is 23.3 Å². The van der Waals surface area contributed by atoms with Crippen LogP contribution in [-0.2, 0) is 9.53 Å². The zero-order valence-corrected chi connectivity index (χ0v) is 21.0. The molecule has 0 aromatic rings. The molecule has 4 rings (SSSR count). The molecule has 0 aromatic carbocycles. The highest BCUT2D eigenvalue weighted by Crippen LogP contribution is 2.67. The quantitative estimate of drug-likeness (QED) is 0.330. The third kappa shape index (κ3) is 4.18. The van der Waals surface area contributed by atoms with Crippen molar-refractivity contribution in [2.24, 2.45) is 40.4 Å². The smallest absolute Gasteiger partial charge is 0.302 e. The van der Waals surface area contributed by atoms with E-state index in [1.165, 1.54) is 51.4 Å². The van der Waals surface area contributed by atoms with E-state index < -0.39 is 0 Å². The maximum absolute atomic E-state index is 11.5. The number of esters is 1. The predicted molar refractivity (Wildman–Crippen MR) is 129 cm³/mol. The van der Waals surface area contributed by atoms with Crippen molar-refractivity contribution in [2.45, 2.75) is 112 Å². The molecule has 4 aliphatic rings. The van der Waals surface area contributed by atoms with E-state index in [0.717, 1.165) is 42.4 Å². The highest BCUT2D eigenvalue weighted by atomic mass is 16.5. The van der Waals surface area contributed by atoms with Gasteiger partial charge in [0.05, 0.1) is 0 Å². The number of rotatable bonds is 5. The summed E-state index contributed by atoms with van der Waals surface area (Å²) in [4.78, 5) is 11.5. The van der Waals surface area contributed by atoms with Gasteiger partial charge in [0.2, 0.25) is 0 Å². The van der Waals surface area contributed by atoms with E-state index in [9.17, 15) is 4.79 Å². The fourth-order valence-corrected chi connectivity index (χ4v) is 8.50. The van der Waals surface area contributed by atoms with Crippen molar-refractivity contribution in [3.63, 3.8) is 0 Å². The topological polar surface area (TPSA) is 26.3 Å². The second-order valence-corrected chi connectivity index (χ2v) is 12.3. The van der Waals surface area contributed by atoms with Gasteiger partial charge in [0.25, 0.3) is 0 Å². The molecule has 0 aromatic heterocycles. The Morgan fingerprint density at radius 1 is 1.13 bits per heavy atom. The van der Waals surface area contributed by atoms with Gasteiger partial charge in [0.15, 0.2) is 0 Å². The predicted octanol–water partition coefficient (Wildman–Crippen LogP) is 7.88. The maximum atomic E-state index is 11.5. The van der Waals surface area contributed by atoms with Crippen LogP contribution < -0.4 is 0 Å². The monoisotopic (exact) mass is 426 g/mol. The second kappa shape index (κ2) is 8.71. The van der Waals surface area contributed by atoms with Gasteiger partial charge in [-0.3, -0.25) is 4.79 Å². The minimum Gasteiger partial charge on any atom is -0.462 e. The Morgan fingerprint density at radius 2 is 1.90 bits per heavy atom. The van der Waals surface area contributed by atoms with Crippen LogP contribution in [0, 0.1) is 40.4 Å². The standard InChI is InChI=1S/C29H46O2/c1-19(2)8-7-9-20(3)25-12-13-26-24-11-10-22-18-23(31-21(4)30)14-16-28(22,5)27(24)15-17-29(25,26)6/h9-10,19,23-27H,7-8,11-18H2,1-6H3/b20-9-/t23-,24-,25+,26-,27-,28-,29+/m0/s1. The van der Waals surface area contributed by atoms with Crippen LogP contribution in [-0.4, -0.2) is 12.1 Å². The highest BCUT2D eigenvalue weighted by Gasteiger charge is 2.58. The normalized spacial score (nSPS) is 42.5. The summed E-state index contributed by atoms with van der Waals surface area (Å²) >= 11 is 0. The lowest BCUT2D eigenvalue weighted by molar-refractivity contribution is -0.148. The molecule has 0 heterocycles. The molecule has 0 bridgehead atoms. The molecule has 3 fully saturated rings. The first-order chi connectivity index (χ1) is 14.6. The van der Waals surface area contributed by atoms with E-state index in [1.807, 2.05) is 0 Å². The van der Waals surface area contributed by atoms with Crippen molar-refractivity contribution < 1.29 is 9.53 Å². The Hall–Kier alpha value is -1.05. The number of allylic oxidation sites excluding steroid dienone is 3. The van der Waals surface area contributed by atoms with Crippen molar-refractivity contribution in [3.8, 4) is 0 Å². The Morgan fingerprint density at radius 3 is 2.61 bits per heavy atom. The molecule has 0 saturated heterocycles. The number of carbonyl (C=O) groups is 1. The molecule has 0 amide bonds. The molecular formula is C29H46O2. The summed E-state index contributed by atoms with van der Waals surface area (Å²) in [5.41, 5.74) is 4.12. The third-order valence-electron chi connectivity index (χ3n) is 10.2. The van der Waals surface area contributed by atoms with E-state index in [4.69, 9.17) is 4.74 Å². The zero-order valence-electron chi connectivity index (χ0n) is 21.0. The number of ether oxygens (including phenoxy) is 1. The van der Waals surface area contributed by atoms with Gasteiger partial charge >= 0.3 is 5.97 Å². The van der Waals surface area contributed by atoms with Crippen molar-refractivity contribution in [1.82, 2.24) is 0 Å². The average Bonchev–Trinajstić information content (AvgIpc) is 3.05. The van der Waals surface area contributed by atoms with Crippen molar-refractivity contribution in [1.29, 1.82) is 0 Å². The van der Waals surface area contributed by atoms with Crippen LogP contribution in [0.2, 0.25) is 0 Å². The van der Waals surface area contributed by atoms with Crippen LogP contribution in [0.3, 0.4) is 0 Å². The molecular weight excluding hydrogens is 380 g/mol. The van der Waals surface area contributed by atoms with Crippen molar-refractivity contribution in [2.75, 3.05) is 0 Å². The Balaban J connectivity index is 1.50. The number of carbonyl (C=O) groups excluding carboxylic acids is 1. The van der Waals surface area contributed by atoms with Crippen molar-refractivity contribution >= 4 is 5.97 Å². The summed E-state index contributed by atoms with van der Waals surface area (Å²) in [7, 11) is 0. The van der Waals surface area contributed by atoms with Gasteiger partial charge in [-0.1, -0.05) is 51.0 Å². The number of hydrogen-bond donors (Lipinski definition) is 0. The first-order valence-electron chi connectivity index (χ1n) is 13.2. The van der Waals surface area contributed by atoms with Gasteiger partial charge in [-0.25, -0.2) is 0 Å². The maximum Gasteiger partial charge on any atom is 0.302 e. The summed E-state index contributed by atoms with van der Waals surface area (Å²) in [6.45, 7) is 13.8. The van der Waals surface area contributed by atoms with Gasteiger partial charge in [0.1, 0.15) is 6.10 Å². The summed E-state index contributed by atoms with van der Waals surface area (Å²) in [6, 6.07) is 0. The Kier molecular flexibility index (Phi) is 6.50. The van der Waals surface area contributed by atoms with Crippen LogP contribution >= 0.6 is 0 Å². The van der Waals surface area contributed by atoms with Gasteiger partial charge in [-0.05, 0) is 105 Å². The van der Waals surface area contributed by atoms with Gasteiger partial charge in [-0.2, -0.15) is 0 Å². The van der Waals surface area contributed by atoms with Gasteiger partial charge < -0.3 is 4.74 Å². The summed E-state index contributed by atoms with van der Waals surface area (Å²) in [6.07, 6.45) is 17.9. The molecule has 0 aliphatic heterocycles. The molecule has 0 radical (unpaired) electrons. The SMILES string of the molecule is CC(=O)O[C@H]1CC[C@@]2(C)C(=CC[C@H]3[C@@H]4CC[C@H](/C(C)=C\CCC(C)C)[C@@]4(C)CC[C@@H]32)C1. The molecule has 0 N–H and O–H groups in total. The van der Waals surface area contributed by atoms with Gasteiger partial charge in [0, 0.05) is 13.3 Å². The van der Waals surface area contributed by atoms with Gasteiger partial charge in [-0.15, -0.1) is 0 Å². The third-order valence-corrected chi connectivity index (χ3v) is 10.2. The lowest BCUT2D eigenvalue weighted by Gasteiger charge is -2.58. The highest BCUT2D eigenvalue weighted by molar-refractivity contribution is 5.66. The minimum absolute atomic E-state index is 0.108. The summed E-state index contributed by atoms with van der Waals surface area (Å²) in [5, 5.41) is 0. The first kappa shape index (κ1) is 23.1. The molecule has 7 atom stereocenters. The molecule has 31 heavy (non-hydrogen) atoms. The van der Waals surface area contributed by atoms with E-state index in [1.54, 1.807) is 18.1 Å². The molecule has 2 heteroatoms. The average molecular weight is 427 g/mol. The van der Waals surface area contributed by atoms with Crippen LogP contribution in [0.25, 0.3) is 0 Å². The van der Waals surface area contributed by atoms with Crippen LogP contribution in [0.15, 0.2) is 23.3 Å². The van der Waals surface area contributed by atoms with Crippen LogP contribution in [0.1, 0.15) is 106 Å². The fraction of sp³-hybridized carbons (Fsp3) is 0.828. The Labute approximate surface area is 191 Å². The number of hydrogen-bond acceptors (Lipinski definition) is 2. The fourth-order valence-electron chi connectivity index (χ4n) is 8.50. The lowest BCUT2D eigenvalue weighted by Crippen LogP contribution is -2.50. The first-order valence-corrected chi connectivity index (χ1v) is 13.2. The van der Waals surface area contributed by atoms with E-state index in [0.29, 0.717) is 10.8 Å². The molecule has 0 unspecified atom stereocenters. The molecule has 0 spiro atoms. The molecule has 4 aliphatic carbocycles.